The van der Waals surface area contributed by atoms with Crippen LogP contribution in [0.2, 0.25) is 0 Å². The van der Waals surface area contributed by atoms with Crippen LogP contribution in [-0.2, 0) is 0 Å². The zero-order chi connectivity index (χ0) is 19.0. The molecule has 0 radical (unpaired) electrons. The molecule has 1 fully saturated rings. The van der Waals surface area contributed by atoms with Gasteiger partial charge in [0.1, 0.15) is 12.1 Å². The Morgan fingerprint density at radius 2 is 2.26 bits per heavy atom. The number of fused-ring (bicyclic) bond motifs is 1. The van der Waals surface area contributed by atoms with Gasteiger partial charge in [-0.2, -0.15) is 5.10 Å². The Morgan fingerprint density at radius 1 is 1.41 bits per heavy atom. The average Bonchev–Trinajstić information content (AvgIpc) is 3.27. The van der Waals surface area contributed by atoms with E-state index < -0.39 is 11.7 Å². The minimum absolute atomic E-state index is 0.0291. The first-order chi connectivity index (χ1) is 13.1. The third-order valence-electron chi connectivity index (χ3n) is 4.76. The lowest BCUT2D eigenvalue weighted by Gasteiger charge is -2.10. The van der Waals surface area contributed by atoms with Crippen LogP contribution in [0.25, 0.3) is 11.0 Å². The van der Waals surface area contributed by atoms with Crippen LogP contribution in [0.15, 0.2) is 30.7 Å². The molecule has 3 aromatic rings. The van der Waals surface area contributed by atoms with Crippen molar-refractivity contribution < 1.29 is 9.18 Å². The lowest BCUT2D eigenvalue weighted by Crippen LogP contribution is -2.17. The summed E-state index contributed by atoms with van der Waals surface area (Å²) in [6.45, 7) is 0. The van der Waals surface area contributed by atoms with Gasteiger partial charge in [0, 0.05) is 17.8 Å². The van der Waals surface area contributed by atoms with Crippen molar-refractivity contribution in [3.05, 3.63) is 47.8 Å². The Balaban J connectivity index is 1.69. The number of anilines is 1. The van der Waals surface area contributed by atoms with Crippen LogP contribution >= 0.6 is 0 Å². The van der Waals surface area contributed by atoms with E-state index in [4.69, 9.17) is 12.2 Å². The number of rotatable bonds is 3. The molecule has 0 saturated heterocycles. The maximum absolute atomic E-state index is 14.1. The van der Waals surface area contributed by atoms with Crippen molar-refractivity contribution in [3.63, 3.8) is 0 Å². The monoisotopic (exact) mass is 364 g/mol. The van der Waals surface area contributed by atoms with E-state index in [-0.39, 0.29) is 23.5 Å². The molecule has 1 saturated carbocycles. The van der Waals surface area contributed by atoms with Crippen LogP contribution in [-0.4, -0.2) is 31.7 Å². The van der Waals surface area contributed by atoms with E-state index in [1.165, 1.54) is 24.7 Å². The van der Waals surface area contributed by atoms with Crippen LogP contribution < -0.4 is 11.1 Å². The number of benzene rings is 1. The zero-order valence-corrected chi connectivity index (χ0v) is 14.4. The zero-order valence-electron chi connectivity index (χ0n) is 14.4. The quantitative estimate of drug-likeness (QED) is 0.695. The van der Waals surface area contributed by atoms with Gasteiger partial charge in [0.05, 0.1) is 17.1 Å². The Kier molecular flexibility index (Phi) is 4.30. The number of carbonyl (C=O) groups excluding carboxylic acids is 1. The fraction of sp³-hybridized carbons (Fsp3) is 0.263. The lowest BCUT2D eigenvalue weighted by atomic mass is 10.2. The van der Waals surface area contributed by atoms with Gasteiger partial charge < -0.3 is 11.1 Å². The van der Waals surface area contributed by atoms with Crippen LogP contribution in [0.4, 0.5) is 10.1 Å². The molecule has 1 aromatic carbocycles. The highest BCUT2D eigenvalue weighted by atomic mass is 19.1. The molecular weight excluding hydrogens is 347 g/mol. The SMILES string of the molecule is C#Cc1ccc(NC(=O)c2nn(C3CCC(N)C3)c3ncncc23)c(F)c1. The number of amides is 1. The molecule has 27 heavy (non-hydrogen) atoms. The van der Waals surface area contributed by atoms with Gasteiger partial charge >= 0.3 is 0 Å². The van der Waals surface area contributed by atoms with E-state index in [1.807, 2.05) is 0 Å². The van der Waals surface area contributed by atoms with E-state index >= 15 is 0 Å². The van der Waals surface area contributed by atoms with Crippen LogP contribution in [0.5, 0.6) is 0 Å². The molecule has 0 spiro atoms. The summed E-state index contributed by atoms with van der Waals surface area (Å²) in [6.07, 6.45) is 10.7. The van der Waals surface area contributed by atoms with Crippen molar-refractivity contribution >= 4 is 22.6 Å². The molecule has 2 heterocycles. The van der Waals surface area contributed by atoms with Gasteiger partial charge in [-0.1, -0.05) is 5.92 Å². The topological polar surface area (TPSA) is 98.7 Å². The molecule has 0 aliphatic heterocycles. The largest absolute Gasteiger partial charge is 0.328 e. The Morgan fingerprint density at radius 3 is 2.96 bits per heavy atom. The third kappa shape index (κ3) is 3.13. The molecule has 1 aliphatic rings. The molecule has 2 atom stereocenters. The number of hydrogen-bond donors (Lipinski definition) is 2. The average molecular weight is 364 g/mol. The summed E-state index contributed by atoms with van der Waals surface area (Å²) in [4.78, 5) is 21.0. The van der Waals surface area contributed by atoms with Gasteiger partial charge in [-0.05, 0) is 37.5 Å². The van der Waals surface area contributed by atoms with Crippen LogP contribution in [0.1, 0.15) is 41.4 Å². The van der Waals surface area contributed by atoms with Gasteiger partial charge in [-0.15, -0.1) is 6.42 Å². The van der Waals surface area contributed by atoms with E-state index in [9.17, 15) is 9.18 Å². The smallest absolute Gasteiger partial charge is 0.277 e. The van der Waals surface area contributed by atoms with Crippen LogP contribution in [0.3, 0.4) is 0 Å². The Bertz CT molecular complexity index is 1070. The van der Waals surface area contributed by atoms with Crippen molar-refractivity contribution in [3.8, 4) is 12.3 Å². The first-order valence-electron chi connectivity index (χ1n) is 8.58. The second-order valence-electron chi connectivity index (χ2n) is 6.57. The molecule has 8 heteroatoms. The summed E-state index contributed by atoms with van der Waals surface area (Å²) in [7, 11) is 0. The number of nitrogens with two attached hydrogens (primary N) is 1. The number of terminal acetylenes is 1. The standard InChI is InChI=1S/C19H17FN6O/c1-2-11-3-6-16(15(20)7-11)24-19(27)17-14-9-22-10-23-18(14)26(25-17)13-5-4-12(21)8-13/h1,3,6-7,9-10,12-13H,4-5,8,21H2,(H,24,27). The molecule has 3 N–H and O–H groups in total. The highest BCUT2D eigenvalue weighted by molar-refractivity contribution is 6.10. The van der Waals surface area contributed by atoms with Gasteiger partial charge in [-0.25, -0.2) is 19.0 Å². The van der Waals surface area contributed by atoms with Crippen molar-refractivity contribution in [2.75, 3.05) is 5.32 Å². The number of nitrogens with zero attached hydrogens (tertiary/aromatic N) is 4. The molecule has 1 aliphatic carbocycles. The second-order valence-corrected chi connectivity index (χ2v) is 6.57. The molecule has 0 bridgehead atoms. The van der Waals surface area contributed by atoms with Crippen molar-refractivity contribution in [2.24, 2.45) is 5.73 Å². The summed E-state index contributed by atoms with van der Waals surface area (Å²) in [5, 5.41) is 7.51. The van der Waals surface area contributed by atoms with Crippen molar-refractivity contribution in [2.45, 2.75) is 31.3 Å². The van der Waals surface area contributed by atoms with Gasteiger partial charge in [0.2, 0.25) is 0 Å². The summed E-state index contributed by atoms with van der Waals surface area (Å²) < 4.78 is 15.9. The van der Waals surface area contributed by atoms with E-state index in [0.717, 1.165) is 19.3 Å². The number of hydrogen-bond acceptors (Lipinski definition) is 5. The Labute approximate surface area is 154 Å². The summed E-state index contributed by atoms with van der Waals surface area (Å²) in [5.41, 5.74) is 7.14. The highest BCUT2D eigenvalue weighted by Crippen LogP contribution is 2.31. The van der Waals surface area contributed by atoms with E-state index in [1.54, 1.807) is 10.7 Å². The second kappa shape index (κ2) is 6.78. The number of nitrogens with one attached hydrogen (secondary N) is 1. The van der Waals surface area contributed by atoms with Gasteiger partial charge in [0.25, 0.3) is 5.91 Å². The van der Waals surface area contributed by atoms with Crippen molar-refractivity contribution in [1.29, 1.82) is 0 Å². The molecule has 136 valence electrons. The lowest BCUT2D eigenvalue weighted by molar-refractivity contribution is 0.102. The summed E-state index contributed by atoms with van der Waals surface area (Å²) >= 11 is 0. The Hall–Kier alpha value is -3.31. The first-order valence-corrected chi connectivity index (χ1v) is 8.58. The molecule has 1 amide bonds. The normalized spacial score (nSPS) is 19.1. The van der Waals surface area contributed by atoms with Crippen LogP contribution in [0, 0.1) is 18.2 Å². The number of halogens is 1. The van der Waals surface area contributed by atoms with Gasteiger partial charge in [-0.3, -0.25) is 4.79 Å². The molecule has 7 nitrogen and oxygen atoms in total. The minimum atomic E-state index is -0.611. The fourth-order valence-corrected chi connectivity index (χ4v) is 3.41. The molecule has 2 unspecified atom stereocenters. The summed E-state index contributed by atoms with van der Waals surface area (Å²) in [5.74, 6) is 1.20. The molecule has 2 aromatic heterocycles. The maximum Gasteiger partial charge on any atom is 0.277 e. The molecule has 4 rings (SSSR count). The predicted molar refractivity (Wildman–Crippen MR) is 98.5 cm³/mol. The maximum atomic E-state index is 14.1. The minimum Gasteiger partial charge on any atom is -0.328 e. The van der Waals surface area contributed by atoms with E-state index in [0.29, 0.717) is 16.6 Å². The highest BCUT2D eigenvalue weighted by Gasteiger charge is 2.28. The summed E-state index contributed by atoms with van der Waals surface area (Å²) in [6, 6.07) is 4.35. The van der Waals surface area contributed by atoms with Crippen molar-refractivity contribution in [1.82, 2.24) is 19.7 Å². The predicted octanol–water partition coefficient (Wildman–Crippen LogP) is 2.25. The first kappa shape index (κ1) is 17.1. The third-order valence-corrected chi connectivity index (χ3v) is 4.76. The molecular formula is C19H17FN6O. The van der Waals surface area contributed by atoms with Gasteiger partial charge in [0.15, 0.2) is 11.3 Å². The van der Waals surface area contributed by atoms with E-state index in [2.05, 4.69) is 26.3 Å². The number of aromatic nitrogens is 4. The number of carbonyl (C=O) groups is 1. The fourth-order valence-electron chi connectivity index (χ4n) is 3.41.